The molecule has 5 nitrogen and oxygen atoms in total. The van der Waals surface area contributed by atoms with Crippen molar-refractivity contribution in [3.05, 3.63) is 0 Å². The Morgan fingerprint density at radius 3 is 2.47 bits per heavy atom. The van der Waals surface area contributed by atoms with E-state index in [2.05, 4.69) is 0 Å². The average molecular weight is 214 g/mol. The van der Waals surface area contributed by atoms with Crippen LogP contribution < -0.4 is 0 Å². The third-order valence-corrected chi connectivity index (χ3v) is 3.00. The van der Waals surface area contributed by atoms with E-state index in [0.29, 0.717) is 19.6 Å². The fraction of sp³-hybridized carbons (Fsp3) is 0.800. The van der Waals surface area contributed by atoms with Crippen LogP contribution in [0.2, 0.25) is 0 Å². The van der Waals surface area contributed by atoms with Crippen molar-refractivity contribution in [1.82, 2.24) is 9.80 Å². The summed E-state index contributed by atoms with van der Waals surface area (Å²) in [6, 6.07) is -0.0758. The second-order valence-electron chi connectivity index (χ2n) is 4.12. The van der Waals surface area contributed by atoms with E-state index in [9.17, 15) is 9.59 Å². The normalized spacial score (nSPS) is 25.4. The van der Waals surface area contributed by atoms with E-state index in [1.165, 1.54) is 0 Å². The number of carbonyl (C=O) groups excluding carboxylic acids is 1. The first-order chi connectivity index (χ1) is 6.97. The Morgan fingerprint density at radius 2 is 2.07 bits per heavy atom. The molecule has 2 atom stereocenters. The minimum absolute atomic E-state index is 0.0386. The van der Waals surface area contributed by atoms with Gasteiger partial charge in [0.2, 0.25) is 0 Å². The lowest BCUT2D eigenvalue weighted by Crippen LogP contribution is -2.40. The molecule has 0 aromatic rings. The van der Waals surface area contributed by atoms with Gasteiger partial charge in [-0.1, -0.05) is 6.92 Å². The smallest absolute Gasteiger partial charge is 0.319 e. The van der Waals surface area contributed by atoms with Crippen molar-refractivity contribution in [2.45, 2.75) is 13.8 Å². The standard InChI is InChI=1S/C10H18N2O3/c1-4-11(3)10(15)12-5-7(2)8(6-12)9(13)14/h7-8H,4-6H2,1-3H3,(H,13,14). The Hall–Kier alpha value is -1.26. The first-order valence-electron chi connectivity index (χ1n) is 5.20. The number of urea groups is 1. The van der Waals surface area contributed by atoms with Gasteiger partial charge in [0.25, 0.3) is 0 Å². The summed E-state index contributed by atoms with van der Waals surface area (Å²) in [5.74, 6) is -1.19. The lowest BCUT2D eigenvalue weighted by molar-refractivity contribution is -0.142. The number of aliphatic carboxylic acids is 1. The summed E-state index contributed by atoms with van der Waals surface area (Å²) in [5, 5.41) is 8.93. The zero-order valence-corrected chi connectivity index (χ0v) is 9.43. The number of carboxylic acids is 1. The van der Waals surface area contributed by atoms with Gasteiger partial charge in [0.05, 0.1) is 5.92 Å². The molecule has 1 heterocycles. The highest BCUT2D eigenvalue weighted by Gasteiger charge is 2.37. The molecule has 1 fully saturated rings. The van der Waals surface area contributed by atoms with E-state index in [-0.39, 0.29) is 11.9 Å². The minimum Gasteiger partial charge on any atom is -0.481 e. The molecule has 0 aromatic carbocycles. The molecule has 2 amide bonds. The van der Waals surface area contributed by atoms with E-state index >= 15 is 0 Å². The highest BCUT2D eigenvalue weighted by molar-refractivity contribution is 5.77. The predicted octanol–water partition coefficient (Wildman–Crippen LogP) is 0.711. The molecule has 0 saturated carbocycles. The molecular formula is C10H18N2O3. The number of amides is 2. The number of carbonyl (C=O) groups is 2. The first-order valence-corrected chi connectivity index (χ1v) is 5.20. The molecule has 5 heteroatoms. The van der Waals surface area contributed by atoms with Crippen LogP contribution in [0, 0.1) is 11.8 Å². The summed E-state index contributed by atoms with van der Waals surface area (Å²) in [6.45, 7) is 5.28. The van der Waals surface area contributed by atoms with Gasteiger partial charge in [-0.15, -0.1) is 0 Å². The van der Waals surface area contributed by atoms with Crippen LogP contribution >= 0.6 is 0 Å². The molecule has 0 bridgehead atoms. The van der Waals surface area contributed by atoms with Crippen LogP contribution in [0.4, 0.5) is 4.79 Å². The quantitative estimate of drug-likeness (QED) is 0.736. The molecule has 86 valence electrons. The van der Waals surface area contributed by atoms with E-state index < -0.39 is 11.9 Å². The van der Waals surface area contributed by atoms with Crippen molar-refractivity contribution < 1.29 is 14.7 Å². The molecule has 0 spiro atoms. The fourth-order valence-corrected chi connectivity index (χ4v) is 1.82. The van der Waals surface area contributed by atoms with Crippen LogP contribution in [0.3, 0.4) is 0 Å². The third kappa shape index (κ3) is 2.40. The van der Waals surface area contributed by atoms with Crippen LogP contribution in [0.15, 0.2) is 0 Å². The zero-order chi connectivity index (χ0) is 11.6. The van der Waals surface area contributed by atoms with Crippen molar-refractivity contribution in [2.75, 3.05) is 26.7 Å². The molecule has 2 unspecified atom stereocenters. The van der Waals surface area contributed by atoms with Crippen molar-refractivity contribution >= 4 is 12.0 Å². The lowest BCUT2D eigenvalue weighted by atomic mass is 9.99. The second kappa shape index (κ2) is 4.51. The van der Waals surface area contributed by atoms with Crippen LogP contribution in [-0.4, -0.2) is 53.6 Å². The number of rotatable bonds is 2. The van der Waals surface area contributed by atoms with E-state index in [0.717, 1.165) is 0 Å². The second-order valence-corrected chi connectivity index (χ2v) is 4.12. The Kier molecular flexibility index (Phi) is 3.55. The topological polar surface area (TPSA) is 60.9 Å². The molecule has 0 aliphatic carbocycles. The van der Waals surface area contributed by atoms with Gasteiger partial charge in [-0.2, -0.15) is 0 Å². The largest absolute Gasteiger partial charge is 0.481 e. The van der Waals surface area contributed by atoms with Crippen LogP contribution in [0.1, 0.15) is 13.8 Å². The summed E-state index contributed by atoms with van der Waals surface area (Å²) in [5.41, 5.74) is 0. The number of hydrogen-bond acceptors (Lipinski definition) is 2. The van der Waals surface area contributed by atoms with E-state index in [4.69, 9.17) is 5.11 Å². The number of likely N-dealkylation sites (tertiary alicyclic amines) is 1. The Bertz CT molecular complexity index is 267. The van der Waals surface area contributed by atoms with Gasteiger partial charge in [-0.25, -0.2) is 4.79 Å². The summed E-state index contributed by atoms with van der Waals surface area (Å²) < 4.78 is 0. The maximum absolute atomic E-state index is 11.7. The van der Waals surface area contributed by atoms with Gasteiger partial charge < -0.3 is 14.9 Å². The highest BCUT2D eigenvalue weighted by Crippen LogP contribution is 2.23. The summed E-state index contributed by atoms with van der Waals surface area (Å²) in [4.78, 5) is 25.8. The Labute approximate surface area is 89.7 Å². The summed E-state index contributed by atoms with van der Waals surface area (Å²) in [7, 11) is 1.72. The number of carboxylic acid groups (broad SMARTS) is 1. The Morgan fingerprint density at radius 1 is 1.47 bits per heavy atom. The third-order valence-electron chi connectivity index (χ3n) is 3.00. The van der Waals surface area contributed by atoms with Crippen LogP contribution in [0.5, 0.6) is 0 Å². The van der Waals surface area contributed by atoms with Crippen LogP contribution in [-0.2, 0) is 4.79 Å². The summed E-state index contributed by atoms with van der Waals surface area (Å²) >= 11 is 0. The molecule has 1 N–H and O–H groups in total. The monoisotopic (exact) mass is 214 g/mol. The van der Waals surface area contributed by atoms with E-state index in [1.807, 2.05) is 13.8 Å². The van der Waals surface area contributed by atoms with Gasteiger partial charge >= 0.3 is 12.0 Å². The molecular weight excluding hydrogens is 196 g/mol. The SMILES string of the molecule is CCN(C)C(=O)N1CC(C)C(C(=O)O)C1. The average Bonchev–Trinajstić information content (AvgIpc) is 2.58. The molecule has 0 aromatic heterocycles. The lowest BCUT2D eigenvalue weighted by Gasteiger charge is -2.23. The molecule has 0 radical (unpaired) electrons. The highest BCUT2D eigenvalue weighted by atomic mass is 16.4. The number of nitrogens with zero attached hydrogens (tertiary/aromatic N) is 2. The van der Waals surface area contributed by atoms with Gasteiger partial charge in [0, 0.05) is 26.7 Å². The fourth-order valence-electron chi connectivity index (χ4n) is 1.82. The maximum Gasteiger partial charge on any atom is 0.319 e. The van der Waals surface area contributed by atoms with Crippen molar-refractivity contribution in [3.63, 3.8) is 0 Å². The number of hydrogen-bond donors (Lipinski definition) is 1. The van der Waals surface area contributed by atoms with Gasteiger partial charge in [0.15, 0.2) is 0 Å². The van der Waals surface area contributed by atoms with Crippen molar-refractivity contribution in [2.24, 2.45) is 11.8 Å². The summed E-state index contributed by atoms with van der Waals surface area (Å²) in [6.07, 6.45) is 0. The molecule has 1 aliphatic rings. The molecule has 1 aliphatic heterocycles. The minimum atomic E-state index is -0.808. The maximum atomic E-state index is 11.7. The van der Waals surface area contributed by atoms with E-state index in [1.54, 1.807) is 16.8 Å². The van der Waals surface area contributed by atoms with Gasteiger partial charge in [-0.3, -0.25) is 4.79 Å². The molecule has 15 heavy (non-hydrogen) atoms. The van der Waals surface area contributed by atoms with Gasteiger partial charge in [-0.05, 0) is 12.8 Å². The molecule has 1 saturated heterocycles. The van der Waals surface area contributed by atoms with Crippen molar-refractivity contribution in [3.8, 4) is 0 Å². The molecule has 1 rings (SSSR count). The van der Waals surface area contributed by atoms with Gasteiger partial charge in [0.1, 0.15) is 0 Å². The predicted molar refractivity (Wildman–Crippen MR) is 55.6 cm³/mol. The zero-order valence-electron chi connectivity index (χ0n) is 9.43. The van der Waals surface area contributed by atoms with Crippen molar-refractivity contribution in [1.29, 1.82) is 0 Å². The Balaban J connectivity index is 2.62. The first kappa shape index (κ1) is 11.8. The van der Waals surface area contributed by atoms with Crippen LogP contribution in [0.25, 0.3) is 0 Å².